The van der Waals surface area contributed by atoms with Crippen LogP contribution in [0.25, 0.3) is 5.76 Å². The molecule has 164 valence electrons. The van der Waals surface area contributed by atoms with E-state index in [1.807, 2.05) is 50.2 Å². The second kappa shape index (κ2) is 9.14. The summed E-state index contributed by atoms with van der Waals surface area (Å²) in [5.74, 6) is -0.413. The van der Waals surface area contributed by atoms with Crippen molar-refractivity contribution in [2.24, 2.45) is 0 Å². The second-order valence-corrected chi connectivity index (χ2v) is 7.79. The van der Waals surface area contributed by atoms with Gasteiger partial charge in [0.2, 0.25) is 0 Å². The number of Topliss-reactive ketones (excluding diaryl/α,β-unsaturated/α-hetero) is 1. The number of likely N-dealkylation sites (tertiary alicyclic amines) is 1. The van der Waals surface area contributed by atoms with Gasteiger partial charge in [0.1, 0.15) is 17.3 Å². The number of carbonyl (C=O) groups excluding carboxylic acids is 2. The van der Waals surface area contributed by atoms with Gasteiger partial charge >= 0.3 is 0 Å². The number of rotatable bonds is 7. The first-order valence-corrected chi connectivity index (χ1v) is 10.6. The van der Waals surface area contributed by atoms with Crippen molar-refractivity contribution >= 4 is 17.4 Å². The standard InChI is InChI=1S/C26H25NO5/c1-3-13-31-20-7-4-6-19(15-20)23-22(24(28)18-11-9-17(2)10-12-18)25(29)26(30)27(23)16-21-8-5-14-32-21/h4-12,14-15,23,28H,3,13,16H2,1-2H3/b24-22+. The quantitative estimate of drug-likeness (QED) is 0.324. The zero-order valence-electron chi connectivity index (χ0n) is 18.1. The Labute approximate surface area is 186 Å². The van der Waals surface area contributed by atoms with Crippen molar-refractivity contribution in [2.75, 3.05) is 6.61 Å². The molecule has 3 aromatic rings. The van der Waals surface area contributed by atoms with Crippen LogP contribution in [0.1, 0.15) is 41.8 Å². The molecule has 0 spiro atoms. The monoisotopic (exact) mass is 431 g/mol. The van der Waals surface area contributed by atoms with E-state index in [4.69, 9.17) is 9.15 Å². The average Bonchev–Trinajstić information content (AvgIpc) is 3.40. The maximum Gasteiger partial charge on any atom is 0.296 e. The van der Waals surface area contributed by atoms with Gasteiger partial charge in [-0.15, -0.1) is 0 Å². The third-order valence-electron chi connectivity index (χ3n) is 5.42. The fourth-order valence-corrected chi connectivity index (χ4v) is 3.82. The van der Waals surface area contributed by atoms with Gasteiger partial charge in [0.15, 0.2) is 0 Å². The summed E-state index contributed by atoms with van der Waals surface area (Å²) >= 11 is 0. The van der Waals surface area contributed by atoms with Gasteiger partial charge in [0.05, 0.1) is 31.0 Å². The topological polar surface area (TPSA) is 80.0 Å². The van der Waals surface area contributed by atoms with Crippen LogP contribution in [0.4, 0.5) is 0 Å². The molecule has 4 rings (SSSR count). The maximum absolute atomic E-state index is 13.1. The van der Waals surface area contributed by atoms with E-state index >= 15 is 0 Å². The minimum atomic E-state index is -0.772. The minimum absolute atomic E-state index is 0.0538. The van der Waals surface area contributed by atoms with Crippen molar-refractivity contribution in [3.8, 4) is 5.75 Å². The van der Waals surface area contributed by atoms with E-state index in [1.165, 1.54) is 11.2 Å². The second-order valence-electron chi connectivity index (χ2n) is 7.79. The van der Waals surface area contributed by atoms with Crippen LogP contribution < -0.4 is 4.74 Å². The molecule has 1 aliphatic rings. The van der Waals surface area contributed by atoms with Gasteiger partial charge in [0.25, 0.3) is 11.7 Å². The predicted molar refractivity (Wildman–Crippen MR) is 120 cm³/mol. The van der Waals surface area contributed by atoms with Crippen LogP contribution in [0, 0.1) is 6.92 Å². The number of furan rings is 1. The highest BCUT2D eigenvalue weighted by Crippen LogP contribution is 2.41. The van der Waals surface area contributed by atoms with Crippen LogP contribution in [-0.4, -0.2) is 28.3 Å². The van der Waals surface area contributed by atoms with E-state index in [9.17, 15) is 14.7 Å². The van der Waals surface area contributed by atoms with Gasteiger partial charge in [-0.3, -0.25) is 9.59 Å². The largest absolute Gasteiger partial charge is 0.507 e. The highest BCUT2D eigenvalue weighted by atomic mass is 16.5. The van der Waals surface area contributed by atoms with Crippen LogP contribution in [0.3, 0.4) is 0 Å². The number of ketones is 1. The number of benzene rings is 2. The molecular formula is C26H25NO5. The molecule has 0 bridgehead atoms. The van der Waals surface area contributed by atoms with Crippen LogP contribution >= 0.6 is 0 Å². The van der Waals surface area contributed by atoms with Gasteiger partial charge in [-0.25, -0.2) is 0 Å². The van der Waals surface area contributed by atoms with Crippen molar-refractivity contribution in [3.63, 3.8) is 0 Å². The van der Waals surface area contributed by atoms with E-state index in [-0.39, 0.29) is 17.9 Å². The first-order valence-electron chi connectivity index (χ1n) is 10.6. The number of aliphatic hydroxyl groups excluding tert-OH is 1. The molecule has 1 atom stereocenters. The highest BCUT2D eigenvalue weighted by Gasteiger charge is 2.46. The molecule has 2 aromatic carbocycles. The van der Waals surface area contributed by atoms with Gasteiger partial charge in [0, 0.05) is 5.56 Å². The van der Waals surface area contributed by atoms with Crippen LogP contribution in [-0.2, 0) is 16.1 Å². The first kappa shape index (κ1) is 21.4. The van der Waals surface area contributed by atoms with Crippen LogP contribution in [0.5, 0.6) is 5.75 Å². The van der Waals surface area contributed by atoms with Crippen LogP contribution in [0.15, 0.2) is 76.9 Å². The molecular weight excluding hydrogens is 406 g/mol. The molecule has 0 radical (unpaired) electrons. The Balaban J connectivity index is 1.83. The summed E-state index contributed by atoms with van der Waals surface area (Å²) in [5.41, 5.74) is 2.24. The average molecular weight is 431 g/mol. The number of nitrogens with zero attached hydrogens (tertiary/aromatic N) is 1. The molecule has 0 saturated carbocycles. The van der Waals surface area contributed by atoms with Gasteiger partial charge < -0.3 is 19.2 Å². The first-order chi connectivity index (χ1) is 15.5. The summed E-state index contributed by atoms with van der Waals surface area (Å²) in [4.78, 5) is 27.6. The van der Waals surface area contributed by atoms with E-state index < -0.39 is 17.7 Å². The third-order valence-corrected chi connectivity index (χ3v) is 5.42. The Bertz CT molecular complexity index is 1150. The van der Waals surface area contributed by atoms with Gasteiger partial charge in [-0.2, -0.15) is 0 Å². The van der Waals surface area contributed by atoms with Crippen molar-refractivity contribution in [1.82, 2.24) is 4.90 Å². The van der Waals surface area contributed by atoms with E-state index in [0.29, 0.717) is 29.2 Å². The fraction of sp³-hybridized carbons (Fsp3) is 0.231. The number of carbonyl (C=O) groups is 2. The lowest BCUT2D eigenvalue weighted by atomic mass is 9.95. The summed E-state index contributed by atoms with van der Waals surface area (Å²) in [6, 6.07) is 17.2. The molecule has 1 aliphatic heterocycles. The van der Waals surface area contributed by atoms with Crippen molar-refractivity contribution in [2.45, 2.75) is 32.9 Å². The predicted octanol–water partition coefficient (Wildman–Crippen LogP) is 5.00. The molecule has 32 heavy (non-hydrogen) atoms. The van der Waals surface area contributed by atoms with E-state index in [1.54, 1.807) is 24.3 Å². The SMILES string of the molecule is CCCOc1cccc(C2/C(=C(\O)c3ccc(C)cc3)C(=O)C(=O)N2Cc2ccco2)c1. The van der Waals surface area contributed by atoms with E-state index in [2.05, 4.69) is 0 Å². The van der Waals surface area contributed by atoms with Crippen molar-refractivity contribution in [3.05, 3.63) is 95.0 Å². The van der Waals surface area contributed by atoms with Crippen molar-refractivity contribution in [1.29, 1.82) is 0 Å². The normalized spacial score (nSPS) is 17.7. The zero-order valence-corrected chi connectivity index (χ0v) is 18.1. The van der Waals surface area contributed by atoms with Gasteiger partial charge in [-0.1, -0.05) is 48.9 Å². The molecule has 1 N–H and O–H groups in total. The molecule has 1 aromatic heterocycles. The lowest BCUT2D eigenvalue weighted by Gasteiger charge is -2.25. The molecule has 6 heteroatoms. The summed E-state index contributed by atoms with van der Waals surface area (Å²) < 4.78 is 11.2. The number of amides is 1. The zero-order chi connectivity index (χ0) is 22.7. The molecule has 0 aliphatic carbocycles. The Kier molecular flexibility index (Phi) is 6.12. The number of ether oxygens (including phenoxy) is 1. The molecule has 2 heterocycles. The smallest absolute Gasteiger partial charge is 0.296 e. The summed E-state index contributed by atoms with van der Waals surface area (Å²) in [6.45, 7) is 4.62. The van der Waals surface area contributed by atoms with Crippen LogP contribution in [0.2, 0.25) is 0 Å². The number of hydrogen-bond donors (Lipinski definition) is 1. The number of aryl methyl sites for hydroxylation is 1. The third kappa shape index (κ3) is 4.17. The van der Waals surface area contributed by atoms with Crippen molar-refractivity contribution < 1.29 is 23.8 Å². The minimum Gasteiger partial charge on any atom is -0.507 e. The number of hydrogen-bond acceptors (Lipinski definition) is 5. The molecule has 1 amide bonds. The molecule has 6 nitrogen and oxygen atoms in total. The number of aliphatic hydroxyl groups is 1. The summed E-state index contributed by atoms with van der Waals surface area (Å²) in [5, 5.41) is 11.1. The fourth-order valence-electron chi connectivity index (χ4n) is 3.82. The summed E-state index contributed by atoms with van der Waals surface area (Å²) in [7, 11) is 0. The van der Waals surface area contributed by atoms with E-state index in [0.717, 1.165) is 12.0 Å². The highest BCUT2D eigenvalue weighted by molar-refractivity contribution is 6.46. The lowest BCUT2D eigenvalue weighted by Crippen LogP contribution is -2.29. The molecule has 1 unspecified atom stereocenters. The Hall–Kier alpha value is -3.80. The Morgan fingerprint density at radius 1 is 1.09 bits per heavy atom. The Morgan fingerprint density at radius 3 is 2.56 bits per heavy atom. The lowest BCUT2D eigenvalue weighted by molar-refractivity contribution is -0.140. The molecule has 1 fully saturated rings. The maximum atomic E-state index is 13.1. The molecule has 1 saturated heterocycles. The Morgan fingerprint density at radius 2 is 1.88 bits per heavy atom. The summed E-state index contributed by atoms with van der Waals surface area (Å²) in [6.07, 6.45) is 2.38. The van der Waals surface area contributed by atoms with Gasteiger partial charge in [-0.05, 0) is 43.2 Å².